The molecule has 0 atom stereocenters. The summed E-state index contributed by atoms with van der Waals surface area (Å²) in [4.78, 5) is 0. The Hall–Kier alpha value is -1.42. The maximum Gasteiger partial charge on any atom is 0.184 e. The lowest BCUT2D eigenvalue weighted by atomic mass is 10.0. The Morgan fingerprint density at radius 2 is 1.65 bits per heavy atom. The fourth-order valence-corrected chi connectivity index (χ4v) is 2.13. The van der Waals surface area contributed by atoms with Crippen LogP contribution in [-0.2, 0) is 9.47 Å². The summed E-state index contributed by atoms with van der Waals surface area (Å²) >= 11 is 0. The first-order chi connectivity index (χ1) is 8.34. The fraction of sp³-hybridized carbons (Fsp3) is 0.286. The summed E-state index contributed by atoms with van der Waals surface area (Å²) in [5.74, 6) is 0. The van der Waals surface area contributed by atoms with Crippen LogP contribution < -0.4 is 0 Å². The van der Waals surface area contributed by atoms with Crippen LogP contribution in [0, 0.1) is 0 Å². The van der Waals surface area contributed by atoms with Gasteiger partial charge in [0.25, 0.3) is 0 Å². The molecule has 3 rings (SSSR count). The molecule has 2 aromatic rings. The van der Waals surface area contributed by atoms with Crippen molar-refractivity contribution < 1.29 is 14.6 Å². The average Bonchev–Trinajstić information content (AvgIpc) is 2.39. The van der Waals surface area contributed by atoms with Crippen molar-refractivity contribution in [1.29, 1.82) is 0 Å². The zero-order chi connectivity index (χ0) is 11.7. The Labute approximate surface area is 99.6 Å². The number of aliphatic hydroxyl groups excluding tert-OH is 1. The second-order valence-corrected chi connectivity index (χ2v) is 4.22. The largest absolute Gasteiger partial charge is 0.388 e. The molecule has 1 fully saturated rings. The second-order valence-electron chi connectivity index (χ2n) is 4.22. The predicted octanol–water partition coefficient (Wildman–Crippen LogP) is 2.25. The second kappa shape index (κ2) is 4.45. The molecule has 3 nitrogen and oxygen atoms in total. The molecule has 1 heterocycles. The lowest BCUT2D eigenvalue weighted by Crippen LogP contribution is -2.31. The number of hydrogen-bond acceptors (Lipinski definition) is 3. The minimum absolute atomic E-state index is 0.327. The van der Waals surface area contributed by atoms with E-state index in [0.717, 1.165) is 10.9 Å². The summed E-state index contributed by atoms with van der Waals surface area (Å²) in [6.45, 7) is 0.655. The van der Waals surface area contributed by atoms with Crippen molar-refractivity contribution in [3.8, 4) is 0 Å². The normalized spacial score (nSPS) is 25.0. The van der Waals surface area contributed by atoms with Gasteiger partial charge in [0, 0.05) is 5.56 Å². The Morgan fingerprint density at radius 3 is 2.47 bits per heavy atom. The highest BCUT2D eigenvalue weighted by Crippen LogP contribution is 2.29. The summed E-state index contributed by atoms with van der Waals surface area (Å²) < 4.78 is 11.0. The molecular weight excluding hydrogens is 216 g/mol. The maximum atomic E-state index is 9.34. The highest BCUT2D eigenvalue weighted by Gasteiger charge is 2.23. The van der Waals surface area contributed by atoms with Crippen molar-refractivity contribution in [2.45, 2.75) is 12.4 Å². The van der Waals surface area contributed by atoms with Crippen molar-refractivity contribution in [1.82, 2.24) is 0 Å². The summed E-state index contributed by atoms with van der Waals surface area (Å²) in [6.07, 6.45) is -0.884. The molecule has 1 saturated heterocycles. The molecule has 0 radical (unpaired) electrons. The third-order valence-electron chi connectivity index (χ3n) is 2.96. The zero-order valence-corrected chi connectivity index (χ0v) is 9.37. The minimum atomic E-state index is -0.513. The van der Waals surface area contributed by atoms with E-state index in [-0.39, 0.29) is 6.29 Å². The average molecular weight is 230 g/mol. The van der Waals surface area contributed by atoms with E-state index in [1.807, 2.05) is 24.3 Å². The van der Waals surface area contributed by atoms with Gasteiger partial charge in [-0.1, -0.05) is 42.5 Å². The number of benzene rings is 2. The van der Waals surface area contributed by atoms with Gasteiger partial charge < -0.3 is 14.6 Å². The van der Waals surface area contributed by atoms with E-state index in [0.29, 0.717) is 13.2 Å². The number of hydrogen-bond donors (Lipinski definition) is 1. The van der Waals surface area contributed by atoms with E-state index in [2.05, 4.69) is 18.2 Å². The first kappa shape index (κ1) is 10.7. The highest BCUT2D eigenvalue weighted by molar-refractivity contribution is 5.85. The lowest BCUT2D eigenvalue weighted by Gasteiger charge is -2.27. The topological polar surface area (TPSA) is 38.7 Å². The zero-order valence-electron chi connectivity index (χ0n) is 9.37. The van der Waals surface area contributed by atoms with E-state index < -0.39 is 6.10 Å². The minimum Gasteiger partial charge on any atom is -0.388 e. The van der Waals surface area contributed by atoms with Crippen LogP contribution in [0.25, 0.3) is 10.8 Å². The van der Waals surface area contributed by atoms with Gasteiger partial charge in [-0.3, -0.25) is 0 Å². The lowest BCUT2D eigenvalue weighted by molar-refractivity contribution is -0.220. The molecule has 2 aromatic carbocycles. The van der Waals surface area contributed by atoms with Gasteiger partial charge in [0.1, 0.15) is 6.10 Å². The van der Waals surface area contributed by atoms with Crippen LogP contribution in [0.4, 0.5) is 0 Å². The fourth-order valence-electron chi connectivity index (χ4n) is 2.13. The third-order valence-corrected chi connectivity index (χ3v) is 2.96. The molecule has 0 bridgehead atoms. The maximum absolute atomic E-state index is 9.34. The SMILES string of the molecule is OC1COC(c2cccc3ccccc23)OC1. The summed E-state index contributed by atoms with van der Waals surface area (Å²) in [6, 6.07) is 14.2. The Bertz CT molecular complexity index is 510. The van der Waals surface area contributed by atoms with Crippen LogP contribution in [0.5, 0.6) is 0 Å². The molecule has 0 saturated carbocycles. The monoisotopic (exact) mass is 230 g/mol. The van der Waals surface area contributed by atoms with Gasteiger partial charge >= 0.3 is 0 Å². The van der Waals surface area contributed by atoms with Gasteiger partial charge in [-0.25, -0.2) is 0 Å². The van der Waals surface area contributed by atoms with Crippen LogP contribution in [0.1, 0.15) is 11.9 Å². The summed E-state index contributed by atoms with van der Waals surface area (Å²) in [5, 5.41) is 11.6. The molecule has 3 heteroatoms. The first-order valence-corrected chi connectivity index (χ1v) is 5.73. The first-order valence-electron chi connectivity index (χ1n) is 5.73. The number of rotatable bonds is 1. The van der Waals surface area contributed by atoms with Crippen molar-refractivity contribution in [3.05, 3.63) is 48.0 Å². The van der Waals surface area contributed by atoms with Gasteiger partial charge in [0.15, 0.2) is 6.29 Å². The Kier molecular flexibility index (Phi) is 2.81. The quantitative estimate of drug-likeness (QED) is 0.816. The molecule has 17 heavy (non-hydrogen) atoms. The van der Waals surface area contributed by atoms with Gasteiger partial charge in [-0.05, 0) is 10.8 Å². The highest BCUT2D eigenvalue weighted by atomic mass is 16.7. The van der Waals surface area contributed by atoms with Gasteiger partial charge in [0.05, 0.1) is 13.2 Å². The molecule has 0 aliphatic carbocycles. The molecule has 0 spiro atoms. The van der Waals surface area contributed by atoms with E-state index >= 15 is 0 Å². The van der Waals surface area contributed by atoms with Crippen molar-refractivity contribution in [2.75, 3.05) is 13.2 Å². The predicted molar refractivity (Wildman–Crippen MR) is 64.6 cm³/mol. The van der Waals surface area contributed by atoms with Crippen molar-refractivity contribution >= 4 is 10.8 Å². The Morgan fingerprint density at radius 1 is 0.941 bits per heavy atom. The van der Waals surface area contributed by atoms with Crippen LogP contribution in [-0.4, -0.2) is 24.4 Å². The molecule has 0 aromatic heterocycles. The summed E-state index contributed by atoms with van der Waals surface area (Å²) in [7, 11) is 0. The molecule has 0 amide bonds. The molecule has 88 valence electrons. The van der Waals surface area contributed by atoms with Crippen LogP contribution in [0.15, 0.2) is 42.5 Å². The van der Waals surface area contributed by atoms with Gasteiger partial charge in [0.2, 0.25) is 0 Å². The third kappa shape index (κ3) is 2.05. The van der Waals surface area contributed by atoms with Gasteiger partial charge in [-0.2, -0.15) is 0 Å². The van der Waals surface area contributed by atoms with Crippen molar-refractivity contribution in [3.63, 3.8) is 0 Å². The smallest absolute Gasteiger partial charge is 0.184 e. The van der Waals surface area contributed by atoms with E-state index in [1.54, 1.807) is 0 Å². The van der Waals surface area contributed by atoms with E-state index in [1.165, 1.54) is 5.39 Å². The molecule has 1 aliphatic heterocycles. The Balaban J connectivity index is 2.00. The van der Waals surface area contributed by atoms with Crippen LogP contribution in [0.3, 0.4) is 0 Å². The summed E-state index contributed by atoms with van der Waals surface area (Å²) in [5.41, 5.74) is 1.02. The number of aliphatic hydroxyl groups is 1. The standard InChI is InChI=1S/C14H14O3/c15-11-8-16-14(17-9-11)13-7-3-5-10-4-1-2-6-12(10)13/h1-7,11,14-15H,8-9H2. The van der Waals surface area contributed by atoms with Gasteiger partial charge in [-0.15, -0.1) is 0 Å². The molecular formula is C14H14O3. The van der Waals surface area contributed by atoms with Crippen LogP contribution >= 0.6 is 0 Å². The number of fused-ring (bicyclic) bond motifs is 1. The number of ether oxygens (including phenoxy) is 2. The van der Waals surface area contributed by atoms with Crippen LogP contribution in [0.2, 0.25) is 0 Å². The van der Waals surface area contributed by atoms with E-state index in [9.17, 15) is 5.11 Å². The molecule has 0 unspecified atom stereocenters. The molecule has 1 aliphatic rings. The van der Waals surface area contributed by atoms with E-state index in [4.69, 9.17) is 9.47 Å². The molecule has 1 N–H and O–H groups in total. The van der Waals surface area contributed by atoms with Crippen molar-refractivity contribution in [2.24, 2.45) is 0 Å².